The van der Waals surface area contributed by atoms with Crippen LogP contribution >= 0.6 is 0 Å². The Morgan fingerprint density at radius 2 is 1.80 bits per heavy atom. The number of hydrogen-bond donors (Lipinski definition) is 2. The largest absolute Gasteiger partial charge is 0.351 e. The summed E-state index contributed by atoms with van der Waals surface area (Å²) in [7, 11) is 0. The Bertz CT molecular complexity index is 1170. The Morgan fingerprint density at radius 3 is 2.50 bits per heavy atom. The number of carbonyl (C=O) groups is 3. The molecule has 3 atom stereocenters. The standard InChI is InChI=1S/C32H44N4O4/c1-3-22(2)28(31(39)36-19-16-32(17-20-36)15-13-24-11-7-8-12-25(24)32)35-29(37)26(21-23-9-5-4-6-10-23)34-30(38)27-14-18-33-40-27/h7-8,11-12,14,18,22-23,26,28H,3-6,9-10,13,15-17,19-21H2,1-2H3,(H,34,38)(H,35,37)/t22?,26-,28-/m0/s1. The molecule has 2 N–H and O–H groups in total. The summed E-state index contributed by atoms with van der Waals surface area (Å²) in [5.41, 5.74) is 3.07. The Morgan fingerprint density at radius 1 is 1.05 bits per heavy atom. The summed E-state index contributed by atoms with van der Waals surface area (Å²) >= 11 is 0. The maximum Gasteiger partial charge on any atom is 0.290 e. The second-order valence-electron chi connectivity index (χ2n) is 12.3. The normalized spacial score (nSPS) is 20.9. The third-order valence-corrected chi connectivity index (χ3v) is 9.85. The molecule has 0 radical (unpaired) electrons. The minimum atomic E-state index is -0.736. The van der Waals surface area contributed by atoms with Gasteiger partial charge in [0.05, 0.1) is 6.20 Å². The van der Waals surface area contributed by atoms with Gasteiger partial charge in [-0.05, 0) is 60.5 Å². The molecule has 8 heteroatoms. The van der Waals surface area contributed by atoms with Crippen LogP contribution in [0.2, 0.25) is 0 Å². The highest BCUT2D eigenvalue weighted by molar-refractivity contribution is 5.96. The summed E-state index contributed by atoms with van der Waals surface area (Å²) in [5, 5.41) is 9.59. The van der Waals surface area contributed by atoms with E-state index < -0.39 is 18.0 Å². The number of nitrogens with zero attached hydrogens (tertiary/aromatic N) is 2. The number of piperidine rings is 1. The Balaban J connectivity index is 1.27. The second kappa shape index (κ2) is 12.6. The van der Waals surface area contributed by atoms with E-state index in [0.29, 0.717) is 25.4 Å². The van der Waals surface area contributed by atoms with Gasteiger partial charge in [-0.1, -0.05) is 81.8 Å². The van der Waals surface area contributed by atoms with Crippen LogP contribution < -0.4 is 10.6 Å². The predicted molar refractivity (Wildman–Crippen MR) is 153 cm³/mol. The fourth-order valence-electron chi connectivity index (χ4n) is 7.12. The van der Waals surface area contributed by atoms with Crippen molar-refractivity contribution >= 4 is 17.7 Å². The summed E-state index contributed by atoms with van der Waals surface area (Å²) < 4.78 is 5.03. The van der Waals surface area contributed by atoms with E-state index in [0.717, 1.165) is 57.8 Å². The smallest absolute Gasteiger partial charge is 0.290 e. The van der Waals surface area contributed by atoms with Gasteiger partial charge < -0.3 is 20.1 Å². The quantitative estimate of drug-likeness (QED) is 0.469. The molecule has 40 heavy (non-hydrogen) atoms. The van der Waals surface area contributed by atoms with E-state index in [1.165, 1.54) is 29.8 Å². The van der Waals surface area contributed by atoms with Crippen molar-refractivity contribution in [2.24, 2.45) is 11.8 Å². The minimum absolute atomic E-state index is 0.0122. The molecule has 216 valence electrons. The zero-order valence-electron chi connectivity index (χ0n) is 24.0. The number of aryl methyl sites for hydroxylation is 1. The van der Waals surface area contributed by atoms with Crippen LogP contribution in [0.1, 0.15) is 99.7 Å². The number of nitrogens with one attached hydrogen (secondary N) is 2. The SMILES string of the molecule is CCC(C)[C@H](NC(=O)[C@H](CC1CCCCC1)NC(=O)c1ccno1)C(=O)N1CCC2(CCc3ccccc32)CC1. The van der Waals surface area contributed by atoms with Gasteiger partial charge >= 0.3 is 0 Å². The molecule has 0 bridgehead atoms. The summed E-state index contributed by atoms with van der Waals surface area (Å²) in [5.74, 6) is -0.355. The third-order valence-electron chi connectivity index (χ3n) is 9.85. The first kappa shape index (κ1) is 28.4. The fraction of sp³-hybridized carbons (Fsp3) is 0.625. The maximum atomic E-state index is 13.9. The second-order valence-corrected chi connectivity index (χ2v) is 12.3. The van der Waals surface area contributed by atoms with Gasteiger partial charge in [-0.2, -0.15) is 0 Å². The molecular weight excluding hydrogens is 504 g/mol. The van der Waals surface area contributed by atoms with Crippen LogP contribution in [-0.2, 0) is 21.4 Å². The van der Waals surface area contributed by atoms with Crippen molar-refractivity contribution in [2.75, 3.05) is 13.1 Å². The molecule has 2 fully saturated rings. The van der Waals surface area contributed by atoms with Crippen molar-refractivity contribution in [1.29, 1.82) is 0 Å². The molecule has 8 nitrogen and oxygen atoms in total. The van der Waals surface area contributed by atoms with Gasteiger partial charge in [0, 0.05) is 19.2 Å². The predicted octanol–water partition coefficient (Wildman–Crippen LogP) is 4.78. The Kier molecular flexibility index (Phi) is 8.91. The summed E-state index contributed by atoms with van der Waals surface area (Å²) in [6.07, 6.45) is 12.5. The van der Waals surface area contributed by atoms with Crippen LogP contribution in [0.3, 0.4) is 0 Å². The number of fused-ring (bicyclic) bond motifs is 2. The molecule has 1 saturated carbocycles. The van der Waals surface area contributed by atoms with Gasteiger partial charge in [-0.3, -0.25) is 14.4 Å². The molecular formula is C32H44N4O4. The van der Waals surface area contributed by atoms with Crippen molar-refractivity contribution in [3.8, 4) is 0 Å². The Hall–Kier alpha value is -3.16. The van der Waals surface area contributed by atoms with Crippen LogP contribution in [0.5, 0.6) is 0 Å². The molecule has 5 rings (SSSR count). The van der Waals surface area contributed by atoms with Crippen molar-refractivity contribution in [2.45, 2.75) is 102 Å². The van der Waals surface area contributed by atoms with Crippen LogP contribution in [0.25, 0.3) is 0 Å². The van der Waals surface area contributed by atoms with E-state index in [4.69, 9.17) is 4.52 Å². The number of aromatic nitrogens is 1. The zero-order chi connectivity index (χ0) is 28.1. The molecule has 1 saturated heterocycles. The van der Waals surface area contributed by atoms with Crippen LogP contribution in [0.4, 0.5) is 0 Å². The highest BCUT2D eigenvalue weighted by atomic mass is 16.5. The van der Waals surface area contributed by atoms with E-state index in [1.807, 2.05) is 18.7 Å². The molecule has 1 aliphatic heterocycles. The molecule has 2 heterocycles. The monoisotopic (exact) mass is 548 g/mol. The fourth-order valence-corrected chi connectivity index (χ4v) is 7.12. The zero-order valence-corrected chi connectivity index (χ0v) is 24.0. The van der Waals surface area contributed by atoms with Gasteiger partial charge in [-0.25, -0.2) is 0 Å². The number of carbonyl (C=O) groups excluding carboxylic acids is 3. The summed E-state index contributed by atoms with van der Waals surface area (Å²) in [4.78, 5) is 42.4. The first-order chi connectivity index (χ1) is 19.4. The van der Waals surface area contributed by atoms with E-state index in [1.54, 1.807) is 0 Å². The van der Waals surface area contributed by atoms with Crippen molar-refractivity contribution in [3.63, 3.8) is 0 Å². The van der Waals surface area contributed by atoms with Crippen molar-refractivity contribution in [1.82, 2.24) is 20.7 Å². The lowest BCUT2D eigenvalue weighted by atomic mass is 9.73. The van der Waals surface area contributed by atoms with E-state index in [2.05, 4.69) is 40.1 Å². The van der Waals surface area contributed by atoms with Gasteiger partial charge in [0.2, 0.25) is 17.6 Å². The van der Waals surface area contributed by atoms with E-state index in [9.17, 15) is 14.4 Å². The van der Waals surface area contributed by atoms with Crippen LogP contribution in [0.15, 0.2) is 41.1 Å². The molecule has 3 amide bonds. The maximum absolute atomic E-state index is 13.9. The molecule has 1 unspecified atom stereocenters. The van der Waals surface area contributed by atoms with Gasteiger partial charge in [0.1, 0.15) is 12.1 Å². The first-order valence-corrected chi connectivity index (χ1v) is 15.3. The first-order valence-electron chi connectivity index (χ1n) is 15.3. The molecule has 3 aliphatic rings. The number of amides is 3. The van der Waals surface area contributed by atoms with Gasteiger partial charge in [0.15, 0.2) is 0 Å². The number of hydrogen-bond acceptors (Lipinski definition) is 5. The van der Waals surface area contributed by atoms with Gasteiger partial charge in [-0.15, -0.1) is 0 Å². The molecule has 1 aromatic carbocycles. The minimum Gasteiger partial charge on any atom is -0.351 e. The highest BCUT2D eigenvalue weighted by Crippen LogP contribution is 2.46. The molecule has 1 spiro atoms. The highest BCUT2D eigenvalue weighted by Gasteiger charge is 2.43. The van der Waals surface area contributed by atoms with Crippen molar-refractivity contribution < 1.29 is 18.9 Å². The lowest BCUT2D eigenvalue weighted by Gasteiger charge is -2.42. The molecule has 2 aliphatic carbocycles. The van der Waals surface area contributed by atoms with Crippen LogP contribution in [0, 0.1) is 11.8 Å². The average molecular weight is 549 g/mol. The van der Waals surface area contributed by atoms with Crippen molar-refractivity contribution in [3.05, 3.63) is 53.4 Å². The van der Waals surface area contributed by atoms with Crippen LogP contribution in [-0.4, -0.2) is 53.0 Å². The molecule has 1 aromatic heterocycles. The Labute approximate surface area is 237 Å². The van der Waals surface area contributed by atoms with E-state index in [-0.39, 0.29) is 28.9 Å². The summed E-state index contributed by atoms with van der Waals surface area (Å²) in [6.45, 7) is 5.46. The van der Waals surface area contributed by atoms with E-state index >= 15 is 0 Å². The molecule has 2 aromatic rings. The summed E-state index contributed by atoms with van der Waals surface area (Å²) in [6, 6.07) is 8.87. The van der Waals surface area contributed by atoms with Gasteiger partial charge in [0.25, 0.3) is 5.91 Å². The third kappa shape index (κ3) is 6.11. The lowest BCUT2D eigenvalue weighted by Crippen LogP contribution is -2.58. The average Bonchev–Trinajstić information content (AvgIpc) is 3.65. The topological polar surface area (TPSA) is 105 Å². The number of rotatable bonds is 9. The number of benzene rings is 1. The lowest BCUT2D eigenvalue weighted by molar-refractivity contribution is -0.139. The number of likely N-dealkylation sites (tertiary alicyclic amines) is 1.